The molecule has 1 aromatic heterocycles. The van der Waals surface area contributed by atoms with Crippen molar-refractivity contribution in [3.63, 3.8) is 0 Å². The summed E-state index contributed by atoms with van der Waals surface area (Å²) in [6, 6.07) is 10.1. The Bertz CT molecular complexity index is 1190. The van der Waals surface area contributed by atoms with Crippen molar-refractivity contribution in [1.29, 1.82) is 0 Å². The van der Waals surface area contributed by atoms with Gasteiger partial charge in [0.15, 0.2) is 5.75 Å². The lowest BCUT2D eigenvalue weighted by Gasteiger charge is -2.28. The van der Waals surface area contributed by atoms with Crippen LogP contribution in [0.3, 0.4) is 0 Å². The van der Waals surface area contributed by atoms with Crippen LogP contribution in [-0.2, 0) is 28.9 Å². The largest absolute Gasteiger partial charge is 0.507 e. The predicted octanol–water partition coefficient (Wildman–Crippen LogP) is 6.08. The maximum absolute atomic E-state index is 11.1. The van der Waals surface area contributed by atoms with Crippen molar-refractivity contribution in [2.45, 2.75) is 71.9 Å². The monoisotopic (exact) mass is 507 g/mol. The van der Waals surface area contributed by atoms with E-state index in [9.17, 15) is 5.11 Å². The van der Waals surface area contributed by atoms with Crippen LogP contribution in [0.5, 0.6) is 17.2 Å². The number of hydrogen-bond donors (Lipinski definition) is 1. The van der Waals surface area contributed by atoms with E-state index in [0.29, 0.717) is 19.0 Å². The smallest absolute Gasteiger partial charge is 0.174 e. The number of ether oxygens (including phenoxy) is 1. The van der Waals surface area contributed by atoms with Gasteiger partial charge in [-0.15, -0.1) is 0 Å². The molecule has 37 heavy (non-hydrogen) atoms. The summed E-state index contributed by atoms with van der Waals surface area (Å²) in [5.74, 6) is 1.93. The van der Waals surface area contributed by atoms with Crippen LogP contribution in [-0.4, -0.2) is 46.3 Å². The highest BCUT2D eigenvalue weighted by Crippen LogP contribution is 2.42. The number of likely N-dealkylation sites (N-methyl/N-ethyl adjacent to an activating group) is 1. The average molecular weight is 508 g/mol. The van der Waals surface area contributed by atoms with Crippen molar-refractivity contribution < 1.29 is 19.6 Å². The van der Waals surface area contributed by atoms with Crippen molar-refractivity contribution in [1.82, 2.24) is 14.5 Å². The molecule has 0 amide bonds. The first-order valence-corrected chi connectivity index (χ1v) is 13.1. The maximum Gasteiger partial charge on any atom is 0.174 e. The van der Waals surface area contributed by atoms with E-state index < -0.39 is 0 Å². The van der Waals surface area contributed by atoms with Crippen molar-refractivity contribution in [2.24, 2.45) is 0 Å². The lowest BCUT2D eigenvalue weighted by molar-refractivity contribution is -0.194. The van der Waals surface area contributed by atoms with Gasteiger partial charge in [-0.2, -0.15) is 4.89 Å². The van der Waals surface area contributed by atoms with E-state index in [1.165, 1.54) is 0 Å². The molecule has 0 atom stereocenters. The SMILES string of the molecule is CN(CCCn1cncc1-c1cc(C(C)(C)C)c(O)c(C(C)(C)C)c1)CCOc1ccc2c(c1)OOC2. The number of benzene rings is 2. The molecule has 0 bridgehead atoms. The quantitative estimate of drug-likeness (QED) is 0.354. The van der Waals surface area contributed by atoms with Gasteiger partial charge in [0.1, 0.15) is 24.7 Å². The molecule has 0 radical (unpaired) electrons. The molecule has 1 aliphatic rings. The second kappa shape index (κ2) is 10.8. The first kappa shape index (κ1) is 27.0. The Labute approximate surface area is 220 Å². The zero-order valence-corrected chi connectivity index (χ0v) is 23.3. The van der Waals surface area contributed by atoms with Gasteiger partial charge < -0.3 is 24.2 Å². The number of aromatic nitrogens is 2. The third kappa shape index (κ3) is 6.46. The molecule has 1 N–H and O–H groups in total. The van der Waals surface area contributed by atoms with Crippen LogP contribution in [0.1, 0.15) is 64.7 Å². The van der Waals surface area contributed by atoms with E-state index in [2.05, 4.69) is 75.2 Å². The fraction of sp³-hybridized carbons (Fsp3) is 0.500. The normalized spacial score (nSPS) is 13.6. The molecule has 0 unspecified atom stereocenters. The van der Waals surface area contributed by atoms with Gasteiger partial charge in [0, 0.05) is 41.4 Å². The minimum Gasteiger partial charge on any atom is -0.507 e. The summed E-state index contributed by atoms with van der Waals surface area (Å²) in [4.78, 5) is 16.9. The molecular weight excluding hydrogens is 466 g/mol. The number of phenolic OH excluding ortho intramolecular Hbond substituents is 1. The fourth-order valence-corrected chi connectivity index (χ4v) is 4.59. The molecule has 4 rings (SSSR count). The summed E-state index contributed by atoms with van der Waals surface area (Å²) < 4.78 is 8.12. The summed E-state index contributed by atoms with van der Waals surface area (Å²) in [5, 5.41) is 11.1. The van der Waals surface area contributed by atoms with E-state index in [1.54, 1.807) is 0 Å². The van der Waals surface area contributed by atoms with Crippen LogP contribution in [0.25, 0.3) is 11.3 Å². The van der Waals surface area contributed by atoms with Gasteiger partial charge in [-0.05, 0) is 55.1 Å². The number of aryl methyl sites for hydroxylation is 1. The molecular formula is C30H41N3O4. The van der Waals surface area contributed by atoms with Crippen LogP contribution in [0.15, 0.2) is 42.9 Å². The van der Waals surface area contributed by atoms with Crippen LogP contribution < -0.4 is 9.62 Å². The highest BCUT2D eigenvalue weighted by molar-refractivity contribution is 5.66. The third-order valence-electron chi connectivity index (χ3n) is 6.82. The molecule has 0 saturated heterocycles. The highest BCUT2D eigenvalue weighted by atomic mass is 17.2. The van der Waals surface area contributed by atoms with Gasteiger partial charge in [0.05, 0.1) is 18.2 Å². The highest BCUT2D eigenvalue weighted by Gasteiger charge is 2.27. The number of phenols is 1. The van der Waals surface area contributed by atoms with Gasteiger partial charge in [0.25, 0.3) is 0 Å². The van der Waals surface area contributed by atoms with E-state index in [-0.39, 0.29) is 10.8 Å². The lowest BCUT2D eigenvalue weighted by Crippen LogP contribution is -2.26. The minimum absolute atomic E-state index is 0.170. The maximum atomic E-state index is 11.1. The Balaban J connectivity index is 1.36. The molecule has 200 valence electrons. The number of rotatable bonds is 9. The Morgan fingerprint density at radius 1 is 1.03 bits per heavy atom. The number of fused-ring (bicyclic) bond motifs is 1. The predicted molar refractivity (Wildman–Crippen MR) is 146 cm³/mol. The summed E-state index contributed by atoms with van der Waals surface area (Å²) in [5.41, 5.74) is 4.79. The molecule has 1 aliphatic heterocycles. The molecule has 7 heteroatoms. The summed E-state index contributed by atoms with van der Waals surface area (Å²) in [7, 11) is 2.11. The van der Waals surface area contributed by atoms with Gasteiger partial charge in [-0.25, -0.2) is 4.98 Å². The molecule has 2 heterocycles. The van der Waals surface area contributed by atoms with Crippen molar-refractivity contribution in [3.8, 4) is 28.5 Å². The molecule has 0 fully saturated rings. The van der Waals surface area contributed by atoms with Crippen molar-refractivity contribution >= 4 is 0 Å². The average Bonchev–Trinajstić information content (AvgIpc) is 3.47. The van der Waals surface area contributed by atoms with Crippen LogP contribution in [0, 0.1) is 0 Å². The van der Waals surface area contributed by atoms with Gasteiger partial charge in [0.2, 0.25) is 0 Å². The van der Waals surface area contributed by atoms with E-state index in [4.69, 9.17) is 14.5 Å². The van der Waals surface area contributed by atoms with Crippen molar-refractivity contribution in [3.05, 3.63) is 59.5 Å². The lowest BCUT2D eigenvalue weighted by atomic mass is 9.78. The first-order valence-electron chi connectivity index (χ1n) is 13.1. The second-order valence-electron chi connectivity index (χ2n) is 12.0. The van der Waals surface area contributed by atoms with Crippen LogP contribution in [0.4, 0.5) is 0 Å². The zero-order valence-electron chi connectivity index (χ0n) is 23.3. The Kier molecular flexibility index (Phi) is 7.85. The van der Waals surface area contributed by atoms with Gasteiger partial charge in [-0.1, -0.05) is 41.5 Å². The van der Waals surface area contributed by atoms with E-state index in [1.807, 2.05) is 30.7 Å². The molecule has 0 spiro atoms. The summed E-state index contributed by atoms with van der Waals surface area (Å²) in [6.45, 7) is 16.6. The minimum atomic E-state index is -0.170. The first-order chi connectivity index (χ1) is 17.4. The standard InChI is InChI=1S/C30H41N3O4/c1-29(2,3)24-15-22(16-25(28(24)34)30(4,5)6)26-18-31-20-33(26)12-8-11-32(7)13-14-35-23-10-9-21-19-36-37-27(21)17-23/h9-10,15-18,20,34H,8,11-14,19H2,1-7H3. The van der Waals surface area contributed by atoms with Gasteiger partial charge >= 0.3 is 0 Å². The topological polar surface area (TPSA) is 69.0 Å². The van der Waals surface area contributed by atoms with Crippen LogP contribution >= 0.6 is 0 Å². The third-order valence-corrected chi connectivity index (χ3v) is 6.82. The Morgan fingerprint density at radius 2 is 1.73 bits per heavy atom. The molecule has 0 saturated carbocycles. The van der Waals surface area contributed by atoms with E-state index in [0.717, 1.165) is 65.5 Å². The summed E-state index contributed by atoms with van der Waals surface area (Å²) >= 11 is 0. The second-order valence-corrected chi connectivity index (χ2v) is 12.0. The Morgan fingerprint density at radius 3 is 2.41 bits per heavy atom. The molecule has 7 nitrogen and oxygen atoms in total. The van der Waals surface area contributed by atoms with Gasteiger partial charge in [-0.3, -0.25) is 0 Å². The molecule has 3 aromatic rings. The number of hydrogen-bond acceptors (Lipinski definition) is 6. The van der Waals surface area contributed by atoms with Crippen molar-refractivity contribution in [2.75, 3.05) is 26.7 Å². The molecule has 2 aromatic carbocycles. The van der Waals surface area contributed by atoms with Crippen LogP contribution in [0.2, 0.25) is 0 Å². The number of nitrogens with zero attached hydrogens (tertiary/aromatic N) is 3. The molecule has 0 aliphatic carbocycles. The number of imidazole rings is 1. The summed E-state index contributed by atoms with van der Waals surface area (Å²) in [6.07, 6.45) is 4.81. The number of aromatic hydroxyl groups is 1. The van der Waals surface area contributed by atoms with E-state index >= 15 is 0 Å². The Hall–Kier alpha value is -3.03. The fourth-order valence-electron chi connectivity index (χ4n) is 4.59. The zero-order chi connectivity index (χ0) is 26.8.